The molecule has 0 radical (unpaired) electrons. The molecule has 1 aromatic rings. The van der Waals surface area contributed by atoms with Crippen molar-refractivity contribution in [3.05, 3.63) is 29.8 Å². The smallest absolute Gasteiger partial charge is 0.120 e. The van der Waals surface area contributed by atoms with Gasteiger partial charge >= 0.3 is 0 Å². The highest BCUT2D eigenvalue weighted by molar-refractivity contribution is 5.31. The van der Waals surface area contributed by atoms with Crippen LogP contribution in [0.15, 0.2) is 24.3 Å². The monoisotopic (exact) mass is 207 g/mol. The molecular formula is C12H17NO2. The number of aliphatic hydroxyl groups excluding tert-OH is 1. The van der Waals surface area contributed by atoms with Crippen LogP contribution in [0.1, 0.15) is 18.4 Å². The number of hydrogen-bond donors (Lipinski definition) is 2. The Morgan fingerprint density at radius 2 is 2.13 bits per heavy atom. The molecule has 2 N–H and O–H groups in total. The number of aromatic hydroxyl groups is 1. The van der Waals surface area contributed by atoms with Crippen LogP contribution < -0.4 is 0 Å². The molecule has 0 amide bonds. The number of aliphatic hydroxyl groups is 1. The topological polar surface area (TPSA) is 43.7 Å². The van der Waals surface area contributed by atoms with Crippen molar-refractivity contribution in [3.63, 3.8) is 0 Å². The molecule has 1 aromatic carbocycles. The first kappa shape index (κ1) is 10.5. The molecule has 3 heteroatoms. The third kappa shape index (κ3) is 2.30. The maximum atomic E-state index is 9.64. The molecule has 0 unspecified atom stereocenters. The fraction of sp³-hybridized carbons (Fsp3) is 0.500. The fourth-order valence-corrected chi connectivity index (χ4v) is 2.17. The summed E-state index contributed by atoms with van der Waals surface area (Å²) in [4.78, 5) is 2.23. The Morgan fingerprint density at radius 1 is 1.33 bits per heavy atom. The minimum Gasteiger partial charge on any atom is -0.508 e. The molecular weight excluding hydrogens is 190 g/mol. The molecule has 3 nitrogen and oxygen atoms in total. The van der Waals surface area contributed by atoms with Crippen molar-refractivity contribution in [3.8, 4) is 5.75 Å². The molecule has 0 spiro atoms. The first-order valence-corrected chi connectivity index (χ1v) is 5.43. The van der Waals surface area contributed by atoms with Crippen LogP contribution in [0, 0.1) is 0 Å². The second-order valence-electron chi connectivity index (χ2n) is 4.08. The Labute approximate surface area is 90.0 Å². The maximum absolute atomic E-state index is 9.64. The quantitative estimate of drug-likeness (QED) is 0.786. The minimum atomic E-state index is 0.216. The van der Waals surface area contributed by atoms with E-state index in [1.807, 2.05) is 18.2 Å². The van der Waals surface area contributed by atoms with Gasteiger partial charge in [0.2, 0.25) is 0 Å². The molecule has 0 aliphatic carbocycles. The largest absolute Gasteiger partial charge is 0.508 e. The van der Waals surface area contributed by atoms with Crippen LogP contribution in [0.3, 0.4) is 0 Å². The molecule has 82 valence electrons. The van der Waals surface area contributed by atoms with Crippen LogP contribution in [0.2, 0.25) is 0 Å². The lowest BCUT2D eigenvalue weighted by atomic mass is 10.1. The first-order chi connectivity index (χ1) is 7.31. The zero-order chi connectivity index (χ0) is 10.7. The summed E-state index contributed by atoms with van der Waals surface area (Å²) in [7, 11) is 0. The number of nitrogens with zero attached hydrogens (tertiary/aromatic N) is 1. The van der Waals surface area contributed by atoms with Crippen LogP contribution in [0.4, 0.5) is 0 Å². The summed E-state index contributed by atoms with van der Waals surface area (Å²) >= 11 is 0. The number of rotatable bonds is 3. The van der Waals surface area contributed by atoms with Crippen molar-refractivity contribution in [2.75, 3.05) is 13.2 Å². The van der Waals surface area contributed by atoms with Crippen LogP contribution in [-0.4, -0.2) is 34.3 Å². The Hall–Kier alpha value is -1.06. The predicted octanol–water partition coefficient (Wildman–Crippen LogP) is 1.35. The molecule has 0 saturated carbocycles. The van der Waals surface area contributed by atoms with Gasteiger partial charge in [0.25, 0.3) is 0 Å². The average Bonchev–Trinajstić information content (AvgIpc) is 2.69. The van der Waals surface area contributed by atoms with Gasteiger partial charge in [-0.25, -0.2) is 0 Å². The molecule has 0 bridgehead atoms. The van der Waals surface area contributed by atoms with Gasteiger partial charge in [-0.1, -0.05) is 18.2 Å². The van der Waals surface area contributed by atoms with Gasteiger partial charge in [-0.2, -0.15) is 0 Å². The van der Waals surface area contributed by atoms with Crippen molar-refractivity contribution >= 4 is 0 Å². The van der Waals surface area contributed by atoms with Crippen molar-refractivity contribution in [1.29, 1.82) is 0 Å². The lowest BCUT2D eigenvalue weighted by molar-refractivity contribution is 0.152. The highest BCUT2D eigenvalue weighted by atomic mass is 16.3. The van der Waals surface area contributed by atoms with E-state index < -0.39 is 0 Å². The summed E-state index contributed by atoms with van der Waals surface area (Å²) in [5, 5.41) is 18.8. The third-order valence-corrected chi connectivity index (χ3v) is 3.07. The van der Waals surface area contributed by atoms with Crippen LogP contribution in [0.5, 0.6) is 5.75 Å². The number of benzene rings is 1. The number of hydrogen-bond acceptors (Lipinski definition) is 3. The van der Waals surface area contributed by atoms with E-state index in [1.54, 1.807) is 6.07 Å². The molecule has 1 aliphatic heterocycles. The zero-order valence-electron chi connectivity index (χ0n) is 8.76. The normalized spacial score (nSPS) is 22.1. The molecule has 15 heavy (non-hydrogen) atoms. The van der Waals surface area contributed by atoms with Crippen molar-refractivity contribution < 1.29 is 10.2 Å². The molecule has 1 heterocycles. The highest BCUT2D eigenvalue weighted by Gasteiger charge is 2.23. The summed E-state index contributed by atoms with van der Waals surface area (Å²) < 4.78 is 0. The van der Waals surface area contributed by atoms with E-state index in [1.165, 1.54) is 0 Å². The van der Waals surface area contributed by atoms with Gasteiger partial charge in [-0.3, -0.25) is 4.90 Å². The van der Waals surface area contributed by atoms with Gasteiger partial charge in [0.15, 0.2) is 0 Å². The van der Waals surface area contributed by atoms with Gasteiger partial charge in [-0.15, -0.1) is 0 Å². The second-order valence-corrected chi connectivity index (χ2v) is 4.08. The number of para-hydroxylation sites is 1. The van der Waals surface area contributed by atoms with E-state index >= 15 is 0 Å². The van der Waals surface area contributed by atoms with Gasteiger partial charge in [0, 0.05) is 18.2 Å². The van der Waals surface area contributed by atoms with Crippen molar-refractivity contribution in [2.24, 2.45) is 0 Å². The second kappa shape index (κ2) is 4.64. The number of likely N-dealkylation sites (tertiary alicyclic amines) is 1. The highest BCUT2D eigenvalue weighted by Crippen LogP contribution is 2.23. The fourth-order valence-electron chi connectivity index (χ4n) is 2.17. The first-order valence-electron chi connectivity index (χ1n) is 5.43. The van der Waals surface area contributed by atoms with E-state index in [9.17, 15) is 10.2 Å². The van der Waals surface area contributed by atoms with Gasteiger partial charge in [-0.05, 0) is 25.5 Å². The summed E-state index contributed by atoms with van der Waals surface area (Å²) in [6, 6.07) is 7.66. The van der Waals surface area contributed by atoms with E-state index in [0.29, 0.717) is 5.75 Å². The van der Waals surface area contributed by atoms with Gasteiger partial charge in [0.05, 0.1) is 6.61 Å². The maximum Gasteiger partial charge on any atom is 0.120 e. The molecule has 1 atom stereocenters. The van der Waals surface area contributed by atoms with Crippen LogP contribution in [-0.2, 0) is 6.54 Å². The molecule has 0 aromatic heterocycles. The summed E-state index contributed by atoms with van der Waals surface area (Å²) in [6.07, 6.45) is 2.20. The predicted molar refractivity (Wildman–Crippen MR) is 58.6 cm³/mol. The zero-order valence-corrected chi connectivity index (χ0v) is 8.76. The Bertz CT molecular complexity index is 327. The minimum absolute atomic E-state index is 0.216. The molecule has 1 fully saturated rings. The molecule has 1 aliphatic rings. The Morgan fingerprint density at radius 3 is 2.87 bits per heavy atom. The lowest BCUT2D eigenvalue weighted by Gasteiger charge is -2.22. The third-order valence-electron chi connectivity index (χ3n) is 3.07. The van der Waals surface area contributed by atoms with Crippen LogP contribution >= 0.6 is 0 Å². The van der Waals surface area contributed by atoms with E-state index in [2.05, 4.69) is 4.90 Å². The van der Waals surface area contributed by atoms with Crippen molar-refractivity contribution in [2.45, 2.75) is 25.4 Å². The standard InChI is InChI=1S/C12H17NO2/c14-9-11-5-3-7-13(11)8-10-4-1-2-6-12(10)15/h1-2,4,6,11,14-15H,3,5,7-9H2/t11-/m0/s1. The Balaban J connectivity index is 2.05. The summed E-state index contributed by atoms with van der Waals surface area (Å²) in [5.74, 6) is 0.348. The molecule has 2 rings (SSSR count). The summed E-state index contributed by atoms with van der Waals surface area (Å²) in [5.41, 5.74) is 0.942. The van der Waals surface area contributed by atoms with Gasteiger partial charge in [0.1, 0.15) is 5.75 Å². The summed E-state index contributed by atoms with van der Waals surface area (Å²) in [6.45, 7) is 1.96. The van der Waals surface area contributed by atoms with Gasteiger partial charge < -0.3 is 10.2 Å². The SMILES string of the molecule is OC[C@@H]1CCCN1Cc1ccccc1O. The van der Waals surface area contributed by atoms with E-state index in [0.717, 1.165) is 31.5 Å². The van der Waals surface area contributed by atoms with Crippen molar-refractivity contribution in [1.82, 2.24) is 4.90 Å². The van der Waals surface area contributed by atoms with Crippen LogP contribution in [0.25, 0.3) is 0 Å². The Kier molecular flexibility index (Phi) is 3.23. The van der Waals surface area contributed by atoms with E-state index in [4.69, 9.17) is 0 Å². The van der Waals surface area contributed by atoms with E-state index in [-0.39, 0.29) is 12.6 Å². The lowest BCUT2D eigenvalue weighted by Crippen LogP contribution is -2.31. The molecule has 1 saturated heterocycles. The number of phenolic OH excluding ortho intramolecular Hbond substituents is 1. The number of phenols is 1. The average molecular weight is 207 g/mol.